The van der Waals surface area contributed by atoms with Crippen LogP contribution < -0.4 is 4.74 Å². The highest BCUT2D eigenvalue weighted by atomic mass is 19.3. The summed E-state index contributed by atoms with van der Waals surface area (Å²) in [7, 11) is 0. The van der Waals surface area contributed by atoms with E-state index in [9.17, 15) is 8.78 Å². The number of benzene rings is 2. The molecule has 0 saturated heterocycles. The number of nitrogens with zero attached hydrogens (tertiary/aromatic N) is 2. The van der Waals surface area contributed by atoms with Gasteiger partial charge in [-0.2, -0.15) is 8.78 Å². The molecule has 0 bridgehead atoms. The summed E-state index contributed by atoms with van der Waals surface area (Å²) in [4.78, 5) is 0. The van der Waals surface area contributed by atoms with Gasteiger partial charge in [0.15, 0.2) is 0 Å². The van der Waals surface area contributed by atoms with Crippen molar-refractivity contribution in [2.24, 2.45) is 0 Å². The van der Waals surface area contributed by atoms with E-state index in [1.165, 1.54) is 12.1 Å². The second kappa shape index (κ2) is 5.93. The van der Waals surface area contributed by atoms with Crippen LogP contribution in [0, 0.1) is 6.92 Å². The van der Waals surface area contributed by atoms with E-state index in [4.69, 9.17) is 4.42 Å². The number of ether oxygens (including phenoxy) is 1. The van der Waals surface area contributed by atoms with E-state index in [1.54, 1.807) is 12.1 Å². The number of hydrogen-bond donors (Lipinski definition) is 0. The second-order valence-corrected chi connectivity index (χ2v) is 4.68. The van der Waals surface area contributed by atoms with Crippen LogP contribution in [0.3, 0.4) is 0 Å². The van der Waals surface area contributed by atoms with Gasteiger partial charge in [-0.15, -0.1) is 10.2 Å². The minimum atomic E-state index is -2.85. The van der Waals surface area contributed by atoms with Crippen molar-refractivity contribution in [1.82, 2.24) is 10.2 Å². The fourth-order valence-electron chi connectivity index (χ4n) is 1.93. The zero-order valence-corrected chi connectivity index (χ0v) is 11.7. The summed E-state index contributed by atoms with van der Waals surface area (Å²) in [5, 5.41) is 7.97. The van der Waals surface area contributed by atoms with Gasteiger partial charge in [-0.3, -0.25) is 0 Å². The SMILES string of the molecule is Cc1ccc(-c2nnc(-c3ccc(OC(F)F)cc3)o2)cc1. The first-order valence-electron chi connectivity index (χ1n) is 6.57. The largest absolute Gasteiger partial charge is 0.435 e. The molecule has 0 amide bonds. The van der Waals surface area contributed by atoms with E-state index in [0.29, 0.717) is 17.3 Å². The normalized spacial score (nSPS) is 10.9. The molecular weight excluding hydrogens is 290 g/mol. The van der Waals surface area contributed by atoms with E-state index < -0.39 is 6.61 Å². The number of aryl methyl sites for hydroxylation is 1. The van der Waals surface area contributed by atoms with Gasteiger partial charge < -0.3 is 9.15 Å². The van der Waals surface area contributed by atoms with Crippen molar-refractivity contribution in [1.29, 1.82) is 0 Å². The van der Waals surface area contributed by atoms with Crippen LogP contribution in [0.5, 0.6) is 5.75 Å². The molecule has 0 saturated carbocycles. The van der Waals surface area contributed by atoms with Crippen molar-refractivity contribution in [3.8, 4) is 28.7 Å². The maximum Gasteiger partial charge on any atom is 0.387 e. The summed E-state index contributed by atoms with van der Waals surface area (Å²) < 4.78 is 34.1. The first-order chi connectivity index (χ1) is 10.6. The second-order valence-electron chi connectivity index (χ2n) is 4.68. The quantitative estimate of drug-likeness (QED) is 0.720. The summed E-state index contributed by atoms with van der Waals surface area (Å²) in [6, 6.07) is 13.7. The first kappa shape index (κ1) is 14.2. The molecular formula is C16H12F2N2O2. The van der Waals surface area contributed by atoms with Crippen molar-refractivity contribution in [2.45, 2.75) is 13.5 Å². The molecule has 112 valence electrons. The molecule has 22 heavy (non-hydrogen) atoms. The van der Waals surface area contributed by atoms with Gasteiger partial charge in [0.05, 0.1) is 0 Å². The fourth-order valence-corrected chi connectivity index (χ4v) is 1.93. The van der Waals surface area contributed by atoms with Gasteiger partial charge in [0.1, 0.15) is 5.75 Å². The van der Waals surface area contributed by atoms with Crippen molar-refractivity contribution >= 4 is 0 Å². The highest BCUT2D eigenvalue weighted by Crippen LogP contribution is 2.26. The summed E-state index contributed by atoms with van der Waals surface area (Å²) >= 11 is 0. The molecule has 0 aliphatic heterocycles. The predicted octanol–water partition coefficient (Wildman–Crippen LogP) is 4.31. The van der Waals surface area contributed by atoms with Gasteiger partial charge in [-0.05, 0) is 43.3 Å². The lowest BCUT2D eigenvalue weighted by atomic mass is 10.1. The summed E-state index contributed by atoms with van der Waals surface area (Å²) in [5.74, 6) is 0.805. The van der Waals surface area contributed by atoms with Crippen LogP contribution in [-0.2, 0) is 0 Å². The van der Waals surface area contributed by atoms with E-state index >= 15 is 0 Å². The average molecular weight is 302 g/mol. The van der Waals surface area contributed by atoms with Gasteiger partial charge in [0.2, 0.25) is 11.8 Å². The number of alkyl halides is 2. The van der Waals surface area contributed by atoms with Gasteiger partial charge in [0, 0.05) is 11.1 Å². The Morgan fingerprint density at radius 1 is 0.864 bits per heavy atom. The number of hydrogen-bond acceptors (Lipinski definition) is 4. The molecule has 6 heteroatoms. The van der Waals surface area contributed by atoms with E-state index in [-0.39, 0.29) is 5.75 Å². The van der Waals surface area contributed by atoms with Crippen molar-refractivity contribution in [2.75, 3.05) is 0 Å². The molecule has 0 atom stereocenters. The lowest BCUT2D eigenvalue weighted by Crippen LogP contribution is -2.01. The van der Waals surface area contributed by atoms with Gasteiger partial charge in [-0.25, -0.2) is 0 Å². The Kier molecular flexibility index (Phi) is 3.82. The highest BCUT2D eigenvalue weighted by Gasteiger charge is 2.11. The maximum atomic E-state index is 12.1. The molecule has 1 aromatic heterocycles. The highest BCUT2D eigenvalue weighted by molar-refractivity contribution is 5.58. The Labute approximate surface area is 125 Å². The van der Waals surface area contributed by atoms with Crippen LogP contribution in [-0.4, -0.2) is 16.8 Å². The standard InChI is InChI=1S/C16H12F2N2O2/c1-10-2-4-11(5-3-10)14-19-20-15(22-14)12-6-8-13(9-7-12)21-16(17)18/h2-9,16H,1H3. The van der Waals surface area contributed by atoms with Gasteiger partial charge in [0.25, 0.3) is 0 Å². The van der Waals surface area contributed by atoms with Crippen LogP contribution in [0.1, 0.15) is 5.56 Å². The summed E-state index contributed by atoms with van der Waals surface area (Å²) in [6.45, 7) is -0.853. The molecule has 0 aliphatic carbocycles. The first-order valence-corrected chi connectivity index (χ1v) is 6.57. The monoisotopic (exact) mass is 302 g/mol. The Hall–Kier alpha value is -2.76. The summed E-state index contributed by atoms with van der Waals surface area (Å²) in [6.07, 6.45) is 0. The third-order valence-corrected chi connectivity index (χ3v) is 3.05. The third-order valence-electron chi connectivity index (χ3n) is 3.05. The topological polar surface area (TPSA) is 48.2 Å². The lowest BCUT2D eigenvalue weighted by molar-refractivity contribution is -0.0498. The van der Waals surface area contributed by atoms with E-state index in [2.05, 4.69) is 14.9 Å². The molecule has 0 aliphatic rings. The fraction of sp³-hybridized carbons (Fsp3) is 0.125. The van der Waals surface area contributed by atoms with Crippen LogP contribution in [0.4, 0.5) is 8.78 Å². The van der Waals surface area contributed by atoms with Crippen LogP contribution in [0.15, 0.2) is 52.9 Å². The molecule has 0 unspecified atom stereocenters. The number of halogens is 2. The van der Waals surface area contributed by atoms with Crippen molar-refractivity contribution < 1.29 is 17.9 Å². The third kappa shape index (κ3) is 3.11. The molecule has 0 N–H and O–H groups in total. The average Bonchev–Trinajstić information content (AvgIpc) is 2.98. The molecule has 3 aromatic rings. The Morgan fingerprint density at radius 3 is 1.86 bits per heavy atom. The molecule has 2 aromatic carbocycles. The number of aromatic nitrogens is 2. The zero-order chi connectivity index (χ0) is 15.5. The van der Waals surface area contributed by atoms with Gasteiger partial charge >= 0.3 is 6.61 Å². The summed E-state index contributed by atoms with van der Waals surface area (Å²) in [5.41, 5.74) is 2.59. The van der Waals surface area contributed by atoms with Crippen LogP contribution in [0.2, 0.25) is 0 Å². The van der Waals surface area contributed by atoms with Crippen LogP contribution >= 0.6 is 0 Å². The van der Waals surface area contributed by atoms with E-state index in [1.807, 2.05) is 31.2 Å². The smallest absolute Gasteiger partial charge is 0.387 e. The van der Waals surface area contributed by atoms with E-state index in [0.717, 1.165) is 11.1 Å². The minimum Gasteiger partial charge on any atom is -0.435 e. The maximum absolute atomic E-state index is 12.1. The molecule has 0 radical (unpaired) electrons. The predicted molar refractivity (Wildman–Crippen MR) is 76.5 cm³/mol. The Balaban J connectivity index is 1.82. The van der Waals surface area contributed by atoms with Crippen LogP contribution in [0.25, 0.3) is 22.9 Å². The zero-order valence-electron chi connectivity index (χ0n) is 11.7. The van der Waals surface area contributed by atoms with Crippen molar-refractivity contribution in [3.05, 3.63) is 54.1 Å². The van der Waals surface area contributed by atoms with Gasteiger partial charge in [-0.1, -0.05) is 17.7 Å². The Morgan fingerprint density at radius 2 is 1.36 bits per heavy atom. The van der Waals surface area contributed by atoms with Crippen molar-refractivity contribution in [3.63, 3.8) is 0 Å². The molecule has 3 rings (SSSR count). The molecule has 1 heterocycles. The molecule has 0 spiro atoms. The Bertz CT molecular complexity index is 753. The lowest BCUT2D eigenvalue weighted by Gasteiger charge is -2.03. The molecule has 4 nitrogen and oxygen atoms in total. The minimum absolute atomic E-state index is 0.0806. The molecule has 0 fully saturated rings. The number of rotatable bonds is 4.